The van der Waals surface area contributed by atoms with Crippen molar-refractivity contribution in [3.63, 3.8) is 0 Å². The Morgan fingerprint density at radius 1 is 1.23 bits per heavy atom. The zero-order valence-electron chi connectivity index (χ0n) is 14.0. The van der Waals surface area contributed by atoms with Crippen molar-refractivity contribution in [2.75, 3.05) is 6.61 Å². The van der Waals surface area contributed by atoms with Gasteiger partial charge in [0.25, 0.3) is 0 Å². The number of aliphatic imine (C=N–C) groups is 1. The van der Waals surface area contributed by atoms with Gasteiger partial charge < -0.3 is 9.84 Å². The zero-order valence-corrected chi connectivity index (χ0v) is 16.4. The molecule has 0 radical (unpaired) electrons. The van der Waals surface area contributed by atoms with Crippen LogP contribution in [0.4, 0.5) is 5.69 Å². The number of esters is 1. The Hall–Kier alpha value is -2.31. The van der Waals surface area contributed by atoms with Crippen LogP contribution in [-0.2, 0) is 9.53 Å². The third-order valence-electron chi connectivity index (χ3n) is 3.50. The SMILES string of the molecule is CCOC(=O)C1=C(O)/C(=C\c2cccc(Br)c2)SC1=Nc1ccccc1. The van der Waals surface area contributed by atoms with Crippen molar-refractivity contribution >= 4 is 50.5 Å². The van der Waals surface area contributed by atoms with Gasteiger partial charge in [0.2, 0.25) is 0 Å². The molecule has 0 aliphatic carbocycles. The van der Waals surface area contributed by atoms with Crippen molar-refractivity contribution in [2.24, 2.45) is 4.99 Å². The van der Waals surface area contributed by atoms with Gasteiger partial charge in [0, 0.05) is 4.47 Å². The third-order valence-corrected chi connectivity index (χ3v) is 5.02. The Kier molecular flexibility index (Phi) is 5.96. The van der Waals surface area contributed by atoms with E-state index in [0.717, 1.165) is 10.0 Å². The zero-order chi connectivity index (χ0) is 18.5. The highest BCUT2D eigenvalue weighted by atomic mass is 79.9. The van der Waals surface area contributed by atoms with Gasteiger partial charge >= 0.3 is 5.97 Å². The van der Waals surface area contributed by atoms with Gasteiger partial charge in [0.1, 0.15) is 16.4 Å². The Labute approximate surface area is 164 Å². The predicted octanol–water partition coefficient (Wildman–Crippen LogP) is 5.64. The van der Waals surface area contributed by atoms with Crippen LogP contribution in [-0.4, -0.2) is 22.7 Å². The molecule has 0 bridgehead atoms. The summed E-state index contributed by atoms with van der Waals surface area (Å²) in [5.74, 6) is -0.687. The fourth-order valence-corrected chi connectivity index (χ4v) is 3.81. The average Bonchev–Trinajstić information content (AvgIpc) is 2.91. The van der Waals surface area contributed by atoms with Gasteiger partial charge in [-0.3, -0.25) is 0 Å². The molecule has 0 aromatic heterocycles. The minimum Gasteiger partial charge on any atom is -0.506 e. The molecule has 1 heterocycles. The second-order valence-corrected chi connectivity index (χ2v) is 7.31. The molecule has 1 aliphatic heterocycles. The third kappa shape index (κ3) is 4.26. The highest BCUT2D eigenvalue weighted by Crippen LogP contribution is 2.40. The van der Waals surface area contributed by atoms with Crippen molar-refractivity contribution < 1.29 is 14.6 Å². The molecule has 0 amide bonds. The van der Waals surface area contributed by atoms with Crippen molar-refractivity contribution in [3.05, 3.63) is 80.9 Å². The maximum atomic E-state index is 12.3. The number of ether oxygens (including phenoxy) is 1. The average molecular weight is 430 g/mol. The van der Waals surface area contributed by atoms with Crippen LogP contribution in [0.3, 0.4) is 0 Å². The molecular formula is C20H16BrNO3S. The Morgan fingerprint density at radius 3 is 2.69 bits per heavy atom. The minimum absolute atomic E-state index is 0.0990. The number of hydrogen-bond donors (Lipinski definition) is 1. The lowest BCUT2D eigenvalue weighted by atomic mass is 10.1. The first-order chi connectivity index (χ1) is 12.6. The summed E-state index contributed by atoms with van der Waals surface area (Å²) < 4.78 is 6.03. The molecule has 1 N–H and O–H groups in total. The van der Waals surface area contributed by atoms with Crippen LogP contribution < -0.4 is 0 Å². The summed E-state index contributed by atoms with van der Waals surface area (Å²) in [5.41, 5.74) is 1.70. The Balaban J connectivity index is 2.04. The molecule has 26 heavy (non-hydrogen) atoms. The lowest BCUT2D eigenvalue weighted by Gasteiger charge is -2.03. The molecule has 0 spiro atoms. The fourth-order valence-electron chi connectivity index (χ4n) is 2.36. The molecule has 1 aliphatic rings. The van der Waals surface area contributed by atoms with Crippen molar-refractivity contribution in [2.45, 2.75) is 6.92 Å². The molecular weight excluding hydrogens is 414 g/mol. The first-order valence-corrected chi connectivity index (χ1v) is 9.59. The Morgan fingerprint density at radius 2 is 2.00 bits per heavy atom. The van der Waals surface area contributed by atoms with E-state index in [1.807, 2.05) is 60.7 Å². The number of nitrogens with zero attached hydrogens (tertiary/aromatic N) is 1. The monoisotopic (exact) mass is 429 g/mol. The molecule has 0 saturated carbocycles. The van der Waals surface area contributed by atoms with Crippen LogP contribution in [0.25, 0.3) is 6.08 Å². The summed E-state index contributed by atoms with van der Waals surface area (Å²) in [4.78, 5) is 17.4. The molecule has 0 fully saturated rings. The van der Waals surface area contributed by atoms with Crippen LogP contribution in [0.1, 0.15) is 12.5 Å². The van der Waals surface area contributed by atoms with E-state index in [1.54, 1.807) is 6.92 Å². The van der Waals surface area contributed by atoms with E-state index < -0.39 is 5.97 Å². The fraction of sp³-hybridized carbons (Fsp3) is 0.100. The topological polar surface area (TPSA) is 58.9 Å². The van der Waals surface area contributed by atoms with E-state index in [-0.39, 0.29) is 17.9 Å². The summed E-state index contributed by atoms with van der Waals surface area (Å²) in [6.07, 6.45) is 1.82. The van der Waals surface area contributed by atoms with E-state index in [9.17, 15) is 9.90 Å². The normalized spacial score (nSPS) is 17.2. The lowest BCUT2D eigenvalue weighted by Crippen LogP contribution is -2.12. The molecule has 6 heteroatoms. The predicted molar refractivity (Wildman–Crippen MR) is 110 cm³/mol. The lowest BCUT2D eigenvalue weighted by molar-refractivity contribution is -0.138. The van der Waals surface area contributed by atoms with Gasteiger partial charge in [-0.05, 0) is 42.8 Å². The van der Waals surface area contributed by atoms with E-state index in [1.165, 1.54) is 11.8 Å². The summed E-state index contributed by atoms with van der Waals surface area (Å²) >= 11 is 4.68. The highest BCUT2D eigenvalue weighted by Gasteiger charge is 2.33. The highest BCUT2D eigenvalue weighted by molar-refractivity contribution is 9.10. The van der Waals surface area contributed by atoms with Crippen LogP contribution in [0.2, 0.25) is 0 Å². The first kappa shape index (κ1) is 18.5. The van der Waals surface area contributed by atoms with Crippen molar-refractivity contribution in [1.82, 2.24) is 0 Å². The number of thioether (sulfide) groups is 1. The number of aliphatic hydroxyl groups is 1. The van der Waals surface area contributed by atoms with E-state index >= 15 is 0 Å². The van der Waals surface area contributed by atoms with Gasteiger partial charge in [-0.15, -0.1) is 0 Å². The minimum atomic E-state index is -0.579. The summed E-state index contributed by atoms with van der Waals surface area (Å²) in [5, 5.41) is 11.0. The van der Waals surface area contributed by atoms with Crippen LogP contribution in [0, 0.1) is 0 Å². The van der Waals surface area contributed by atoms with E-state index in [2.05, 4.69) is 20.9 Å². The quantitative estimate of drug-likeness (QED) is 0.638. The number of carbonyl (C=O) groups excluding carboxylic acids is 1. The smallest absolute Gasteiger partial charge is 0.344 e. The molecule has 4 nitrogen and oxygen atoms in total. The number of benzene rings is 2. The first-order valence-electron chi connectivity index (χ1n) is 7.98. The molecule has 3 rings (SSSR count). The molecule has 0 atom stereocenters. The Bertz CT molecular complexity index is 920. The number of carbonyl (C=O) groups is 1. The number of aliphatic hydroxyl groups excluding tert-OH is 1. The van der Waals surface area contributed by atoms with Crippen LogP contribution in [0.5, 0.6) is 0 Å². The number of hydrogen-bond acceptors (Lipinski definition) is 5. The standard InChI is InChI=1S/C20H16BrNO3S/c1-2-25-20(24)17-18(23)16(12-13-7-6-8-14(21)11-13)26-19(17)22-15-9-4-3-5-10-15/h3-12,23H,2H2,1H3/b16-12+,22-19?. The maximum Gasteiger partial charge on any atom is 0.344 e. The van der Waals surface area contributed by atoms with E-state index in [4.69, 9.17) is 4.74 Å². The van der Waals surface area contributed by atoms with Gasteiger partial charge in [-0.2, -0.15) is 0 Å². The van der Waals surface area contributed by atoms with Crippen LogP contribution >= 0.6 is 27.7 Å². The number of para-hydroxylation sites is 1. The number of rotatable bonds is 4. The van der Waals surface area contributed by atoms with Gasteiger partial charge in [0.05, 0.1) is 17.2 Å². The van der Waals surface area contributed by atoms with Crippen molar-refractivity contribution in [3.8, 4) is 0 Å². The largest absolute Gasteiger partial charge is 0.506 e. The molecule has 2 aromatic rings. The van der Waals surface area contributed by atoms with E-state index in [0.29, 0.717) is 15.6 Å². The summed E-state index contributed by atoms with van der Waals surface area (Å²) in [6, 6.07) is 17.0. The summed E-state index contributed by atoms with van der Waals surface area (Å²) in [6.45, 7) is 1.95. The number of halogens is 1. The molecule has 0 saturated heterocycles. The maximum absolute atomic E-state index is 12.3. The molecule has 132 valence electrons. The van der Waals surface area contributed by atoms with Crippen LogP contribution in [0.15, 0.2) is 80.3 Å². The second-order valence-electron chi connectivity index (χ2n) is 5.36. The second kappa shape index (κ2) is 8.38. The molecule has 2 aromatic carbocycles. The van der Waals surface area contributed by atoms with Gasteiger partial charge in [-0.25, -0.2) is 9.79 Å². The van der Waals surface area contributed by atoms with Crippen molar-refractivity contribution in [1.29, 1.82) is 0 Å². The van der Waals surface area contributed by atoms with Gasteiger partial charge in [0.15, 0.2) is 0 Å². The molecule has 0 unspecified atom stereocenters. The summed E-state index contributed by atoms with van der Waals surface area (Å²) in [7, 11) is 0. The van der Waals surface area contributed by atoms with Gasteiger partial charge in [-0.1, -0.05) is 58.0 Å².